The number of thioether (sulfide) groups is 1. The van der Waals surface area contributed by atoms with Gasteiger partial charge in [0.15, 0.2) is 5.76 Å². The molecule has 0 amide bonds. The van der Waals surface area contributed by atoms with Gasteiger partial charge in [-0.15, -0.1) is 0 Å². The highest BCUT2D eigenvalue weighted by Gasteiger charge is 2.20. The zero-order valence-corrected chi connectivity index (χ0v) is 17.8. The van der Waals surface area contributed by atoms with Crippen LogP contribution in [-0.4, -0.2) is 71.0 Å². The average molecular weight is 425 g/mol. The van der Waals surface area contributed by atoms with Crippen molar-refractivity contribution >= 4 is 23.5 Å². The molecule has 0 radical (unpaired) electrons. The third-order valence-corrected chi connectivity index (χ3v) is 6.26. The minimum absolute atomic E-state index is 0.667. The van der Waals surface area contributed by atoms with E-state index in [2.05, 4.69) is 32.1 Å². The molecule has 0 bridgehead atoms. The van der Waals surface area contributed by atoms with Crippen LogP contribution in [0.2, 0.25) is 0 Å². The molecule has 0 unspecified atom stereocenters. The summed E-state index contributed by atoms with van der Waals surface area (Å²) in [5.41, 5.74) is 3.40. The minimum Gasteiger partial charge on any atom is -0.378 e. The van der Waals surface area contributed by atoms with Crippen LogP contribution in [-0.2, 0) is 4.74 Å². The molecule has 0 aliphatic carbocycles. The molecule has 30 heavy (non-hydrogen) atoms. The van der Waals surface area contributed by atoms with E-state index >= 15 is 0 Å². The lowest BCUT2D eigenvalue weighted by Crippen LogP contribution is -2.36. The molecule has 2 aliphatic heterocycles. The van der Waals surface area contributed by atoms with Gasteiger partial charge in [-0.2, -0.15) is 11.8 Å². The van der Waals surface area contributed by atoms with E-state index < -0.39 is 0 Å². The summed E-state index contributed by atoms with van der Waals surface area (Å²) in [6, 6.07) is 6.03. The summed E-state index contributed by atoms with van der Waals surface area (Å²) in [4.78, 5) is 18.8. The molecule has 5 heterocycles. The second-order valence-electron chi connectivity index (χ2n) is 7.37. The topological polar surface area (TPSA) is 80.4 Å². The largest absolute Gasteiger partial charge is 0.378 e. The van der Waals surface area contributed by atoms with Gasteiger partial charge >= 0.3 is 0 Å². The number of hydrogen-bond acceptors (Lipinski definition) is 9. The van der Waals surface area contributed by atoms with Gasteiger partial charge in [-0.25, -0.2) is 15.0 Å². The summed E-state index contributed by atoms with van der Waals surface area (Å²) in [6.07, 6.45) is 3.73. The quantitative estimate of drug-likeness (QED) is 0.628. The fourth-order valence-electron chi connectivity index (χ4n) is 3.68. The van der Waals surface area contributed by atoms with Crippen molar-refractivity contribution in [2.75, 3.05) is 60.7 Å². The number of pyridine rings is 1. The van der Waals surface area contributed by atoms with Crippen LogP contribution in [0.15, 0.2) is 35.1 Å². The molecule has 5 rings (SSSR count). The van der Waals surface area contributed by atoms with Crippen LogP contribution in [0.4, 0.5) is 11.8 Å². The monoisotopic (exact) mass is 424 g/mol. The molecule has 0 N–H and O–H groups in total. The second kappa shape index (κ2) is 8.61. The van der Waals surface area contributed by atoms with Gasteiger partial charge in [-0.3, -0.25) is 0 Å². The van der Waals surface area contributed by atoms with Gasteiger partial charge in [0.2, 0.25) is 5.95 Å². The number of ether oxygens (including phenoxy) is 1. The van der Waals surface area contributed by atoms with E-state index in [0.717, 1.165) is 85.2 Å². The maximum Gasteiger partial charge on any atom is 0.225 e. The molecule has 156 valence electrons. The van der Waals surface area contributed by atoms with Crippen molar-refractivity contribution in [3.63, 3.8) is 0 Å². The maximum absolute atomic E-state index is 5.53. The normalized spacial score (nSPS) is 17.4. The van der Waals surface area contributed by atoms with E-state index in [1.165, 1.54) is 0 Å². The first kappa shape index (κ1) is 19.3. The van der Waals surface area contributed by atoms with Crippen LogP contribution in [0.1, 0.15) is 5.69 Å². The molecule has 0 atom stereocenters. The first-order chi connectivity index (χ1) is 14.8. The Bertz CT molecular complexity index is 997. The molecule has 2 saturated heterocycles. The Morgan fingerprint density at radius 3 is 2.50 bits per heavy atom. The van der Waals surface area contributed by atoms with E-state index in [1.807, 2.05) is 37.1 Å². The van der Waals surface area contributed by atoms with E-state index in [0.29, 0.717) is 5.76 Å². The van der Waals surface area contributed by atoms with Gasteiger partial charge in [0, 0.05) is 61.7 Å². The number of aromatic nitrogens is 4. The molecule has 3 aromatic rings. The third kappa shape index (κ3) is 3.99. The van der Waals surface area contributed by atoms with Crippen LogP contribution in [0.25, 0.3) is 22.6 Å². The Morgan fingerprint density at radius 2 is 1.80 bits per heavy atom. The summed E-state index contributed by atoms with van der Waals surface area (Å²) in [6.45, 7) is 7.02. The number of anilines is 2. The van der Waals surface area contributed by atoms with Crippen molar-refractivity contribution < 1.29 is 9.26 Å². The minimum atomic E-state index is 0.667. The lowest BCUT2D eigenvalue weighted by atomic mass is 10.1. The third-order valence-electron chi connectivity index (χ3n) is 5.32. The van der Waals surface area contributed by atoms with Crippen molar-refractivity contribution in [1.82, 2.24) is 20.1 Å². The average Bonchev–Trinajstić information content (AvgIpc) is 3.26. The summed E-state index contributed by atoms with van der Waals surface area (Å²) < 4.78 is 11.0. The molecule has 8 nitrogen and oxygen atoms in total. The van der Waals surface area contributed by atoms with Crippen molar-refractivity contribution in [2.45, 2.75) is 6.92 Å². The second-order valence-corrected chi connectivity index (χ2v) is 8.59. The molecular weight excluding hydrogens is 400 g/mol. The summed E-state index contributed by atoms with van der Waals surface area (Å²) in [7, 11) is 0. The lowest BCUT2D eigenvalue weighted by Gasteiger charge is -2.28. The summed E-state index contributed by atoms with van der Waals surface area (Å²) in [5, 5.41) is 4.04. The Morgan fingerprint density at radius 1 is 0.967 bits per heavy atom. The van der Waals surface area contributed by atoms with E-state index in [-0.39, 0.29) is 0 Å². The van der Waals surface area contributed by atoms with Crippen molar-refractivity contribution in [3.8, 4) is 22.6 Å². The molecule has 2 aliphatic rings. The predicted octanol–water partition coefficient (Wildman–Crippen LogP) is 2.89. The summed E-state index contributed by atoms with van der Waals surface area (Å²) in [5.74, 6) is 4.57. The molecule has 0 spiro atoms. The molecule has 9 heteroatoms. The first-order valence-corrected chi connectivity index (χ1v) is 11.4. The van der Waals surface area contributed by atoms with Gasteiger partial charge in [-0.05, 0) is 19.1 Å². The highest BCUT2D eigenvalue weighted by molar-refractivity contribution is 7.99. The van der Waals surface area contributed by atoms with Gasteiger partial charge in [-0.1, -0.05) is 5.16 Å². The van der Waals surface area contributed by atoms with E-state index in [1.54, 1.807) is 0 Å². The highest BCUT2D eigenvalue weighted by Crippen LogP contribution is 2.32. The fourth-order valence-corrected chi connectivity index (χ4v) is 4.59. The van der Waals surface area contributed by atoms with Crippen LogP contribution < -0.4 is 9.80 Å². The van der Waals surface area contributed by atoms with Gasteiger partial charge in [0.25, 0.3) is 0 Å². The number of morpholine rings is 1. The van der Waals surface area contributed by atoms with Gasteiger partial charge in [0.1, 0.15) is 5.82 Å². The zero-order chi connectivity index (χ0) is 20.3. The Hall–Kier alpha value is -2.65. The standard InChI is InChI=1S/C21H24N6O2S/c1-15-12-18(29-25-15)17-14-23-21(27-6-10-30-11-7-27)24-20(17)16-2-3-19(22-13-16)26-4-8-28-9-5-26/h2-3,12-14H,4-11H2,1H3. The maximum atomic E-state index is 5.53. The van der Waals surface area contributed by atoms with Gasteiger partial charge in [0.05, 0.1) is 30.2 Å². The first-order valence-electron chi connectivity index (χ1n) is 10.2. The fraction of sp³-hybridized carbons (Fsp3) is 0.429. The molecule has 0 aromatic carbocycles. The van der Waals surface area contributed by atoms with Crippen molar-refractivity contribution in [1.29, 1.82) is 0 Å². The van der Waals surface area contributed by atoms with Gasteiger partial charge < -0.3 is 19.1 Å². The SMILES string of the molecule is Cc1cc(-c2cnc(N3CCSCC3)nc2-c2ccc(N3CCOCC3)nc2)on1. The highest BCUT2D eigenvalue weighted by atomic mass is 32.2. The van der Waals surface area contributed by atoms with Crippen LogP contribution in [0.3, 0.4) is 0 Å². The Kier molecular flexibility index (Phi) is 5.54. The lowest BCUT2D eigenvalue weighted by molar-refractivity contribution is 0.122. The summed E-state index contributed by atoms with van der Waals surface area (Å²) >= 11 is 1.97. The Labute approximate surface area is 179 Å². The number of hydrogen-bond donors (Lipinski definition) is 0. The molecule has 0 saturated carbocycles. The van der Waals surface area contributed by atoms with E-state index in [9.17, 15) is 0 Å². The molecule has 3 aromatic heterocycles. The van der Waals surface area contributed by atoms with Crippen molar-refractivity contribution in [3.05, 3.63) is 36.3 Å². The molecular formula is C21H24N6O2S. The predicted molar refractivity (Wildman–Crippen MR) is 118 cm³/mol. The van der Waals surface area contributed by atoms with Crippen LogP contribution in [0, 0.1) is 6.92 Å². The number of nitrogens with zero attached hydrogens (tertiary/aromatic N) is 6. The Balaban J connectivity index is 1.52. The molecule has 2 fully saturated rings. The number of rotatable bonds is 4. The zero-order valence-electron chi connectivity index (χ0n) is 17.0. The van der Waals surface area contributed by atoms with Crippen molar-refractivity contribution in [2.24, 2.45) is 0 Å². The number of aryl methyl sites for hydroxylation is 1. The van der Waals surface area contributed by atoms with E-state index in [4.69, 9.17) is 19.2 Å². The smallest absolute Gasteiger partial charge is 0.225 e. The van der Waals surface area contributed by atoms with Crippen LogP contribution in [0.5, 0.6) is 0 Å². The van der Waals surface area contributed by atoms with Crippen LogP contribution >= 0.6 is 11.8 Å².